The van der Waals surface area contributed by atoms with E-state index in [0.29, 0.717) is 0 Å². The first kappa shape index (κ1) is 24.4. The van der Waals surface area contributed by atoms with Crippen molar-refractivity contribution in [3.63, 3.8) is 0 Å². The molecule has 34 heavy (non-hydrogen) atoms. The Hall–Kier alpha value is -2.68. The van der Waals surface area contributed by atoms with Crippen LogP contribution in [0.4, 0.5) is 11.4 Å². The lowest BCUT2D eigenvalue weighted by Gasteiger charge is -2.24. The lowest BCUT2D eigenvalue weighted by Crippen LogP contribution is -2.15. The number of halogens is 2. The van der Waals surface area contributed by atoms with Gasteiger partial charge in [-0.15, -0.1) is 23.2 Å². The number of nitrogens with one attached hydrogen (secondary N) is 1. The zero-order valence-electron chi connectivity index (χ0n) is 20.5. The maximum Gasteiger partial charge on any atom is 0.134 e. The van der Waals surface area contributed by atoms with Crippen molar-refractivity contribution in [2.75, 3.05) is 17.3 Å². The first-order valence-electron chi connectivity index (χ1n) is 11.5. The van der Waals surface area contributed by atoms with Gasteiger partial charge in [0.25, 0.3) is 0 Å². The molecule has 2 nitrogen and oxygen atoms in total. The first-order valence-corrected chi connectivity index (χ1v) is 12.3. The van der Waals surface area contributed by atoms with Crippen LogP contribution in [0.2, 0.25) is 0 Å². The second-order valence-corrected chi connectivity index (χ2v) is 11.0. The van der Waals surface area contributed by atoms with Crippen molar-refractivity contribution < 1.29 is 0 Å². The third-order valence-electron chi connectivity index (χ3n) is 6.71. The second kappa shape index (κ2) is 9.17. The van der Waals surface area contributed by atoms with Gasteiger partial charge < -0.3 is 10.2 Å². The number of allylic oxidation sites excluding steroid dienone is 1. The molecule has 3 aromatic rings. The average molecular weight is 492 g/mol. The summed E-state index contributed by atoms with van der Waals surface area (Å²) >= 11 is 13.5. The van der Waals surface area contributed by atoms with E-state index in [0.717, 1.165) is 39.5 Å². The molecule has 0 saturated heterocycles. The summed E-state index contributed by atoms with van der Waals surface area (Å²) in [4.78, 5) is 2.11. The standard InChI is InChI=1S/C30H32Cl2N2/c1-18-8-12-26(13-9-18)34(7)23(6)27-17-25(11-10-21(27)4)33-22(5)28-29(30(28,31)32)24-15-19(2)14-20(3)16-24/h8-17,28-29,33H,5-6H2,1-4,7H3. The van der Waals surface area contributed by atoms with Crippen molar-refractivity contribution >= 4 is 40.3 Å². The lowest BCUT2D eigenvalue weighted by molar-refractivity contribution is 0.944. The Kier molecular flexibility index (Phi) is 6.59. The van der Waals surface area contributed by atoms with Gasteiger partial charge in [0.2, 0.25) is 0 Å². The van der Waals surface area contributed by atoms with E-state index in [1.807, 2.05) is 7.05 Å². The van der Waals surface area contributed by atoms with Crippen molar-refractivity contribution in [2.24, 2.45) is 5.92 Å². The van der Waals surface area contributed by atoms with Gasteiger partial charge in [0.1, 0.15) is 4.33 Å². The van der Waals surface area contributed by atoms with Crippen LogP contribution in [0.5, 0.6) is 0 Å². The fraction of sp³-hybridized carbons (Fsp3) is 0.267. The van der Waals surface area contributed by atoms with Crippen LogP contribution in [0, 0.1) is 33.6 Å². The minimum atomic E-state index is -0.868. The van der Waals surface area contributed by atoms with Crippen molar-refractivity contribution in [1.82, 2.24) is 0 Å². The van der Waals surface area contributed by atoms with Crippen LogP contribution in [0.15, 0.2) is 79.5 Å². The highest BCUT2D eigenvalue weighted by atomic mass is 35.5. The summed E-state index contributed by atoms with van der Waals surface area (Å²) < 4.78 is -0.868. The molecule has 4 rings (SSSR count). The molecule has 2 atom stereocenters. The highest BCUT2D eigenvalue weighted by Gasteiger charge is 2.65. The fourth-order valence-electron chi connectivity index (χ4n) is 4.74. The van der Waals surface area contributed by atoms with Crippen LogP contribution in [0.1, 0.15) is 39.3 Å². The van der Waals surface area contributed by atoms with E-state index in [2.05, 4.69) is 112 Å². The van der Waals surface area contributed by atoms with Gasteiger partial charge in [-0.1, -0.05) is 66.2 Å². The van der Waals surface area contributed by atoms with Crippen molar-refractivity contribution in [2.45, 2.75) is 37.9 Å². The van der Waals surface area contributed by atoms with Gasteiger partial charge in [0.05, 0.1) is 0 Å². The number of aryl methyl sites for hydroxylation is 4. The van der Waals surface area contributed by atoms with Gasteiger partial charge in [-0.25, -0.2) is 0 Å². The van der Waals surface area contributed by atoms with Gasteiger partial charge in [0.15, 0.2) is 0 Å². The minimum absolute atomic E-state index is 0.0157. The molecule has 176 valence electrons. The lowest BCUT2D eigenvalue weighted by atomic mass is 10.0. The molecule has 0 radical (unpaired) electrons. The molecular formula is C30H32Cl2N2. The smallest absolute Gasteiger partial charge is 0.134 e. The van der Waals surface area contributed by atoms with E-state index in [1.165, 1.54) is 16.7 Å². The zero-order valence-corrected chi connectivity index (χ0v) is 22.1. The number of anilines is 2. The van der Waals surface area contributed by atoms with Gasteiger partial charge in [-0.3, -0.25) is 0 Å². The van der Waals surface area contributed by atoms with Gasteiger partial charge in [-0.05, 0) is 63.1 Å². The summed E-state index contributed by atoms with van der Waals surface area (Å²) in [6, 6.07) is 21.2. The van der Waals surface area contributed by atoms with Crippen LogP contribution in [0.25, 0.3) is 5.70 Å². The number of hydrogen-bond donors (Lipinski definition) is 1. The van der Waals surface area contributed by atoms with Crippen LogP contribution in [0.3, 0.4) is 0 Å². The molecule has 1 aliphatic carbocycles. The zero-order chi connectivity index (χ0) is 24.8. The Morgan fingerprint density at radius 3 is 2.09 bits per heavy atom. The third-order valence-corrected chi connectivity index (χ3v) is 7.65. The van der Waals surface area contributed by atoms with Gasteiger partial charge in [0, 0.05) is 47.2 Å². The van der Waals surface area contributed by atoms with Crippen molar-refractivity contribution in [1.29, 1.82) is 0 Å². The largest absolute Gasteiger partial charge is 0.359 e. The summed E-state index contributed by atoms with van der Waals surface area (Å²) in [6.45, 7) is 17.1. The predicted octanol–water partition coefficient (Wildman–Crippen LogP) is 8.54. The molecule has 0 heterocycles. The molecule has 1 aliphatic rings. The predicted molar refractivity (Wildman–Crippen MR) is 149 cm³/mol. The monoisotopic (exact) mass is 490 g/mol. The minimum Gasteiger partial charge on any atom is -0.359 e. The summed E-state index contributed by atoms with van der Waals surface area (Å²) in [5.74, 6) is -0.0535. The maximum absolute atomic E-state index is 6.74. The van der Waals surface area contributed by atoms with Crippen LogP contribution in [-0.4, -0.2) is 11.4 Å². The summed E-state index contributed by atoms with van der Waals surface area (Å²) in [5, 5.41) is 3.47. The van der Waals surface area contributed by atoms with E-state index in [9.17, 15) is 0 Å². The number of hydrogen-bond acceptors (Lipinski definition) is 2. The fourth-order valence-corrected chi connectivity index (χ4v) is 5.64. The summed E-state index contributed by atoms with van der Waals surface area (Å²) in [6.07, 6.45) is 0. The molecule has 0 amide bonds. The molecule has 0 bridgehead atoms. The van der Waals surface area contributed by atoms with E-state index in [1.54, 1.807) is 0 Å². The van der Waals surface area contributed by atoms with Crippen LogP contribution >= 0.6 is 23.2 Å². The molecule has 0 spiro atoms. The van der Waals surface area contributed by atoms with Crippen LogP contribution in [-0.2, 0) is 0 Å². The Labute approximate surface area is 213 Å². The summed E-state index contributed by atoms with van der Waals surface area (Å²) in [5.41, 5.74) is 10.8. The molecule has 2 unspecified atom stereocenters. The summed E-state index contributed by atoms with van der Waals surface area (Å²) in [7, 11) is 2.04. The Balaban J connectivity index is 1.53. The van der Waals surface area contributed by atoms with E-state index in [-0.39, 0.29) is 11.8 Å². The molecule has 0 aromatic heterocycles. The molecule has 1 fully saturated rings. The average Bonchev–Trinajstić information content (AvgIpc) is 3.36. The third kappa shape index (κ3) is 4.76. The molecular weight excluding hydrogens is 459 g/mol. The van der Waals surface area contributed by atoms with E-state index in [4.69, 9.17) is 23.2 Å². The topological polar surface area (TPSA) is 15.3 Å². The quantitative estimate of drug-likeness (QED) is 0.333. The first-order chi connectivity index (χ1) is 16.0. The molecule has 4 heteroatoms. The molecule has 1 N–H and O–H groups in total. The van der Waals surface area contributed by atoms with Gasteiger partial charge >= 0.3 is 0 Å². The number of nitrogens with zero attached hydrogens (tertiary/aromatic N) is 1. The molecule has 1 saturated carbocycles. The van der Waals surface area contributed by atoms with Crippen LogP contribution < -0.4 is 10.2 Å². The SMILES string of the molecule is C=C(Nc1ccc(C)c(C(=C)N(C)c2ccc(C)cc2)c1)C1C(c2cc(C)cc(C)c2)C1(Cl)Cl. The van der Waals surface area contributed by atoms with Crippen molar-refractivity contribution in [3.05, 3.63) is 113 Å². The number of alkyl halides is 2. The van der Waals surface area contributed by atoms with E-state index >= 15 is 0 Å². The van der Waals surface area contributed by atoms with E-state index < -0.39 is 4.33 Å². The van der Waals surface area contributed by atoms with Gasteiger partial charge in [-0.2, -0.15) is 0 Å². The Morgan fingerprint density at radius 1 is 0.853 bits per heavy atom. The molecule has 0 aliphatic heterocycles. The number of benzene rings is 3. The molecule has 3 aromatic carbocycles. The van der Waals surface area contributed by atoms with Crippen molar-refractivity contribution in [3.8, 4) is 0 Å². The second-order valence-electron chi connectivity index (χ2n) is 9.57. The maximum atomic E-state index is 6.74. The number of rotatable bonds is 7. The highest BCUT2D eigenvalue weighted by Crippen LogP contribution is 2.67. The Morgan fingerprint density at radius 2 is 1.47 bits per heavy atom. The Bertz CT molecular complexity index is 1240. The highest BCUT2D eigenvalue weighted by molar-refractivity contribution is 6.52. The normalized spacial score (nSPS) is 18.3.